The molecule has 1 aromatic rings. The zero-order valence-corrected chi connectivity index (χ0v) is 11.5. The zero-order valence-electron chi connectivity index (χ0n) is 10.7. The van der Waals surface area contributed by atoms with Crippen LogP contribution in [0.4, 0.5) is 0 Å². The highest BCUT2D eigenvalue weighted by Crippen LogP contribution is 2.28. The summed E-state index contributed by atoms with van der Waals surface area (Å²) in [6.07, 6.45) is 1.80. The summed E-state index contributed by atoms with van der Waals surface area (Å²) in [7, 11) is 0. The molecule has 1 aliphatic rings. The van der Waals surface area contributed by atoms with Crippen molar-refractivity contribution >= 4 is 29.1 Å². The third-order valence-corrected chi connectivity index (χ3v) is 2.82. The first-order valence-electron chi connectivity index (χ1n) is 6.22. The van der Waals surface area contributed by atoms with Crippen LogP contribution >= 0.6 is 12.2 Å². The molecule has 0 aliphatic heterocycles. The molecule has 1 fully saturated rings. The summed E-state index contributed by atoms with van der Waals surface area (Å²) in [6, 6.07) is 8.98. The monoisotopic (exact) mass is 293 g/mol. The number of rotatable bonds is 4. The minimum Gasteiger partial charge on any atom is -0.484 e. The van der Waals surface area contributed by atoms with Gasteiger partial charge in [-0.3, -0.25) is 25.8 Å². The van der Waals surface area contributed by atoms with Gasteiger partial charge in [-0.15, -0.1) is 0 Å². The SMILES string of the molecule is O=C(COc1ccccc1)NC(=S)NNC(=O)C1CC1. The molecule has 1 aliphatic carbocycles. The summed E-state index contributed by atoms with van der Waals surface area (Å²) < 4.78 is 5.26. The van der Waals surface area contributed by atoms with Crippen LogP contribution in [-0.2, 0) is 9.59 Å². The number of amides is 2. The van der Waals surface area contributed by atoms with Crippen LogP contribution in [0, 0.1) is 5.92 Å². The van der Waals surface area contributed by atoms with Gasteiger partial charge in [-0.2, -0.15) is 0 Å². The van der Waals surface area contributed by atoms with E-state index in [0.717, 1.165) is 12.8 Å². The van der Waals surface area contributed by atoms with E-state index in [9.17, 15) is 9.59 Å². The maximum Gasteiger partial charge on any atom is 0.264 e. The van der Waals surface area contributed by atoms with Crippen LogP contribution < -0.4 is 20.9 Å². The van der Waals surface area contributed by atoms with E-state index in [0.29, 0.717) is 5.75 Å². The first kappa shape index (κ1) is 14.3. The van der Waals surface area contributed by atoms with Gasteiger partial charge in [-0.05, 0) is 37.2 Å². The number of hydrogen-bond donors (Lipinski definition) is 3. The Morgan fingerprint density at radius 3 is 2.55 bits per heavy atom. The zero-order chi connectivity index (χ0) is 14.4. The van der Waals surface area contributed by atoms with Gasteiger partial charge < -0.3 is 4.74 Å². The van der Waals surface area contributed by atoms with E-state index in [-0.39, 0.29) is 23.5 Å². The van der Waals surface area contributed by atoms with E-state index in [1.165, 1.54) is 0 Å². The molecular weight excluding hydrogens is 278 g/mol. The van der Waals surface area contributed by atoms with Crippen LogP contribution in [0.15, 0.2) is 30.3 Å². The van der Waals surface area contributed by atoms with Gasteiger partial charge >= 0.3 is 0 Å². The normalized spacial score (nSPS) is 13.2. The van der Waals surface area contributed by atoms with Crippen molar-refractivity contribution in [3.63, 3.8) is 0 Å². The summed E-state index contributed by atoms with van der Waals surface area (Å²) in [5.41, 5.74) is 4.92. The van der Waals surface area contributed by atoms with Gasteiger partial charge in [0, 0.05) is 5.92 Å². The molecule has 0 aromatic heterocycles. The molecule has 0 unspecified atom stereocenters. The second-order valence-electron chi connectivity index (χ2n) is 4.37. The topological polar surface area (TPSA) is 79.5 Å². The van der Waals surface area contributed by atoms with Crippen molar-refractivity contribution < 1.29 is 14.3 Å². The number of hydrazine groups is 1. The second kappa shape index (κ2) is 6.85. The van der Waals surface area contributed by atoms with Crippen LogP contribution in [0.5, 0.6) is 5.75 Å². The maximum atomic E-state index is 11.5. The average molecular weight is 293 g/mol. The number of nitrogens with one attached hydrogen (secondary N) is 3. The molecule has 1 aromatic carbocycles. The summed E-state index contributed by atoms with van der Waals surface area (Å²) in [5.74, 6) is 0.167. The molecule has 0 atom stereocenters. The van der Waals surface area contributed by atoms with Crippen molar-refractivity contribution in [2.24, 2.45) is 5.92 Å². The lowest BCUT2D eigenvalue weighted by Crippen LogP contribution is -2.49. The van der Waals surface area contributed by atoms with Crippen molar-refractivity contribution in [3.8, 4) is 5.75 Å². The lowest BCUT2D eigenvalue weighted by atomic mass is 10.3. The first-order chi connectivity index (χ1) is 9.65. The fourth-order valence-corrected chi connectivity index (χ4v) is 1.59. The van der Waals surface area contributed by atoms with Crippen LogP contribution in [0.25, 0.3) is 0 Å². The molecule has 1 saturated carbocycles. The smallest absolute Gasteiger partial charge is 0.264 e. The highest BCUT2D eigenvalue weighted by atomic mass is 32.1. The second-order valence-corrected chi connectivity index (χ2v) is 4.78. The molecule has 20 heavy (non-hydrogen) atoms. The molecule has 0 heterocycles. The Morgan fingerprint density at radius 1 is 1.20 bits per heavy atom. The number of thiocarbonyl (C=S) groups is 1. The van der Waals surface area contributed by atoms with E-state index in [1.807, 2.05) is 18.2 Å². The molecule has 2 amide bonds. The highest BCUT2D eigenvalue weighted by Gasteiger charge is 2.29. The molecule has 0 bridgehead atoms. The number of ether oxygens (including phenoxy) is 1. The van der Waals surface area contributed by atoms with E-state index in [2.05, 4.69) is 16.2 Å². The maximum absolute atomic E-state index is 11.5. The van der Waals surface area contributed by atoms with E-state index >= 15 is 0 Å². The summed E-state index contributed by atoms with van der Waals surface area (Å²) in [5, 5.41) is 2.45. The molecular formula is C13H15N3O3S. The van der Waals surface area contributed by atoms with Gasteiger partial charge in [-0.1, -0.05) is 18.2 Å². The summed E-state index contributed by atoms with van der Waals surface area (Å²) >= 11 is 4.87. The predicted molar refractivity (Wildman–Crippen MR) is 76.7 cm³/mol. The predicted octanol–water partition coefficient (Wildman–Crippen LogP) is 0.497. The van der Waals surface area contributed by atoms with Gasteiger partial charge in [0.05, 0.1) is 0 Å². The Labute approximate surface area is 121 Å². The molecule has 0 spiro atoms. The van der Waals surface area contributed by atoms with E-state index < -0.39 is 5.91 Å². The largest absolute Gasteiger partial charge is 0.484 e. The minimum absolute atomic E-state index is 0.0423. The molecule has 6 nitrogen and oxygen atoms in total. The Morgan fingerprint density at radius 2 is 1.90 bits per heavy atom. The fraction of sp³-hybridized carbons (Fsp3) is 0.308. The van der Waals surface area contributed by atoms with Gasteiger partial charge in [0.15, 0.2) is 11.7 Å². The van der Waals surface area contributed by atoms with Crippen molar-refractivity contribution in [1.82, 2.24) is 16.2 Å². The number of carbonyl (C=O) groups is 2. The molecule has 0 radical (unpaired) electrons. The Hall–Kier alpha value is -2.15. The van der Waals surface area contributed by atoms with Crippen molar-refractivity contribution in [3.05, 3.63) is 30.3 Å². The van der Waals surface area contributed by atoms with Crippen molar-refractivity contribution in [2.75, 3.05) is 6.61 Å². The van der Waals surface area contributed by atoms with Crippen LogP contribution in [0.1, 0.15) is 12.8 Å². The third kappa shape index (κ3) is 4.85. The molecule has 7 heteroatoms. The van der Waals surface area contributed by atoms with Crippen molar-refractivity contribution in [2.45, 2.75) is 12.8 Å². The standard InChI is InChI=1S/C13H15N3O3S/c17-11(8-19-10-4-2-1-3-5-10)14-13(20)16-15-12(18)9-6-7-9/h1-5,9H,6-8H2,(H,15,18)(H2,14,16,17,20). The average Bonchev–Trinajstić information content (AvgIpc) is 3.28. The lowest BCUT2D eigenvalue weighted by molar-refractivity contribution is -0.123. The number of benzene rings is 1. The number of hydrogen-bond acceptors (Lipinski definition) is 4. The number of para-hydroxylation sites is 1. The first-order valence-corrected chi connectivity index (χ1v) is 6.63. The summed E-state index contributed by atoms with van der Waals surface area (Å²) in [4.78, 5) is 22.9. The van der Waals surface area contributed by atoms with Gasteiger partial charge in [0.1, 0.15) is 5.75 Å². The molecule has 2 rings (SSSR count). The van der Waals surface area contributed by atoms with Gasteiger partial charge in [-0.25, -0.2) is 0 Å². The van der Waals surface area contributed by atoms with Crippen LogP contribution in [0.3, 0.4) is 0 Å². The highest BCUT2D eigenvalue weighted by molar-refractivity contribution is 7.80. The Balaban J connectivity index is 1.63. The summed E-state index contributed by atoms with van der Waals surface area (Å²) in [6.45, 7) is -0.150. The van der Waals surface area contributed by atoms with Crippen LogP contribution in [-0.4, -0.2) is 23.5 Å². The fourth-order valence-electron chi connectivity index (χ4n) is 1.43. The van der Waals surface area contributed by atoms with Crippen molar-refractivity contribution in [1.29, 1.82) is 0 Å². The van der Waals surface area contributed by atoms with E-state index in [1.54, 1.807) is 12.1 Å². The molecule has 0 saturated heterocycles. The Bertz CT molecular complexity index is 503. The van der Waals surface area contributed by atoms with E-state index in [4.69, 9.17) is 17.0 Å². The van der Waals surface area contributed by atoms with Gasteiger partial charge in [0.2, 0.25) is 5.91 Å². The quantitative estimate of drug-likeness (QED) is 0.556. The lowest BCUT2D eigenvalue weighted by Gasteiger charge is -2.11. The Kier molecular flexibility index (Phi) is 4.89. The van der Waals surface area contributed by atoms with Gasteiger partial charge in [0.25, 0.3) is 5.91 Å². The third-order valence-electron chi connectivity index (χ3n) is 2.61. The molecule has 106 valence electrons. The molecule has 3 N–H and O–H groups in total. The number of carbonyl (C=O) groups excluding carboxylic acids is 2. The minimum atomic E-state index is -0.396. The van der Waals surface area contributed by atoms with Crippen LogP contribution in [0.2, 0.25) is 0 Å².